The van der Waals surface area contributed by atoms with Gasteiger partial charge in [-0.2, -0.15) is 0 Å². The summed E-state index contributed by atoms with van der Waals surface area (Å²) in [5, 5.41) is 19.7. The third kappa shape index (κ3) is 9.90. The molecule has 0 aromatic carbocycles. The number of carbonyl (C=O) groups is 4. The molecule has 1 aliphatic heterocycles. The van der Waals surface area contributed by atoms with E-state index < -0.39 is 0 Å². The number of nitrogens with zero attached hydrogens (tertiary/aromatic N) is 3. The van der Waals surface area contributed by atoms with E-state index in [1.54, 1.807) is 13.1 Å². The van der Waals surface area contributed by atoms with Crippen LogP contribution in [0.5, 0.6) is 0 Å². The van der Waals surface area contributed by atoms with Crippen LogP contribution in [0.4, 0.5) is 0 Å². The lowest BCUT2D eigenvalue weighted by atomic mass is 10.1. The number of carbonyl (C=O) groups excluding carboxylic acids is 2. The van der Waals surface area contributed by atoms with Crippen LogP contribution in [0, 0.1) is 5.92 Å². The molecular weight excluding hydrogens is 418 g/mol. The van der Waals surface area contributed by atoms with Gasteiger partial charge in [-0.25, -0.2) is 4.98 Å². The first kappa shape index (κ1) is 27.1. The summed E-state index contributed by atoms with van der Waals surface area (Å²) in [6, 6.07) is 0.636. The molecule has 11 nitrogen and oxygen atoms in total. The summed E-state index contributed by atoms with van der Waals surface area (Å²) < 4.78 is 2.04. The van der Waals surface area contributed by atoms with Gasteiger partial charge in [0.15, 0.2) is 0 Å². The maximum atomic E-state index is 12.5. The van der Waals surface area contributed by atoms with Crippen LogP contribution in [0.1, 0.15) is 51.8 Å². The van der Waals surface area contributed by atoms with Gasteiger partial charge in [0.05, 0.1) is 6.54 Å². The van der Waals surface area contributed by atoms with Gasteiger partial charge in [0, 0.05) is 57.5 Å². The second kappa shape index (κ2) is 15.0. The lowest BCUT2D eigenvalue weighted by Gasteiger charge is -2.30. The van der Waals surface area contributed by atoms with E-state index >= 15 is 0 Å². The Morgan fingerprint density at radius 3 is 2.31 bits per heavy atom. The Bertz CT molecular complexity index is 715. The largest absolute Gasteiger partial charge is 0.483 e. The molecule has 1 saturated heterocycles. The molecule has 1 aliphatic carbocycles. The topological polar surface area (TPSA) is 154 Å². The number of aromatic nitrogens is 2. The summed E-state index contributed by atoms with van der Waals surface area (Å²) in [5.74, 6) is 1.77. The van der Waals surface area contributed by atoms with Crippen molar-refractivity contribution in [2.75, 3.05) is 13.1 Å². The molecule has 1 aromatic rings. The van der Waals surface area contributed by atoms with E-state index in [0.29, 0.717) is 25.6 Å². The van der Waals surface area contributed by atoms with Crippen molar-refractivity contribution >= 4 is 24.8 Å². The Morgan fingerprint density at radius 2 is 1.75 bits per heavy atom. The predicted octanol–water partition coefficient (Wildman–Crippen LogP) is 0.690. The third-order valence-electron chi connectivity index (χ3n) is 5.53. The fourth-order valence-electron chi connectivity index (χ4n) is 3.87. The first-order valence-electron chi connectivity index (χ1n) is 10.8. The Kier molecular flexibility index (Phi) is 12.7. The van der Waals surface area contributed by atoms with Crippen LogP contribution in [-0.4, -0.2) is 74.6 Å². The van der Waals surface area contributed by atoms with E-state index in [-0.39, 0.29) is 30.8 Å². The first-order chi connectivity index (χ1) is 15.4. The lowest BCUT2D eigenvalue weighted by molar-refractivity contribution is -0.123. The standard InChI is InChI=1S/C19H31N5O2.2CH2O2/c1-3-23-9-8-20-18(23)12-22-19(26)10-16-6-7-17(11-21-14(2)25)24(16)13-15-4-5-15;2*2-1-3/h8-9,15-17H,3-7,10-13H2,1-2H3,(H,21,25)(H,22,26);2*1H,(H,2,3)/t16-,17+;;/m0../s1. The predicted molar refractivity (Wildman–Crippen MR) is 117 cm³/mol. The number of nitrogens with one attached hydrogen (secondary N) is 2. The van der Waals surface area contributed by atoms with Gasteiger partial charge in [-0.05, 0) is 38.5 Å². The molecule has 2 fully saturated rings. The molecule has 0 spiro atoms. The highest BCUT2D eigenvalue weighted by atomic mass is 16.3. The van der Waals surface area contributed by atoms with E-state index in [9.17, 15) is 9.59 Å². The first-order valence-corrected chi connectivity index (χ1v) is 10.8. The van der Waals surface area contributed by atoms with E-state index in [4.69, 9.17) is 19.8 Å². The minimum atomic E-state index is -0.250. The van der Waals surface area contributed by atoms with Gasteiger partial charge in [-0.1, -0.05) is 0 Å². The molecule has 2 aliphatic rings. The Hall–Kier alpha value is -2.95. The van der Waals surface area contributed by atoms with Crippen LogP contribution < -0.4 is 10.6 Å². The molecule has 180 valence electrons. The van der Waals surface area contributed by atoms with Crippen molar-refractivity contribution in [3.8, 4) is 0 Å². The van der Waals surface area contributed by atoms with Gasteiger partial charge >= 0.3 is 0 Å². The van der Waals surface area contributed by atoms with Crippen LogP contribution in [0.3, 0.4) is 0 Å². The average Bonchev–Trinajstić information content (AvgIpc) is 3.32. The smallest absolute Gasteiger partial charge is 0.290 e. The van der Waals surface area contributed by atoms with Crippen molar-refractivity contribution in [1.29, 1.82) is 0 Å². The fourth-order valence-corrected chi connectivity index (χ4v) is 3.87. The highest BCUT2D eigenvalue weighted by molar-refractivity contribution is 5.76. The van der Waals surface area contributed by atoms with Crippen LogP contribution in [0.2, 0.25) is 0 Å². The summed E-state index contributed by atoms with van der Waals surface area (Å²) >= 11 is 0. The SMILES string of the molecule is CCn1ccnc1CNC(=O)C[C@@H]1CC[C@H](CNC(C)=O)N1CC1CC1.O=CO.O=CO. The Balaban J connectivity index is 0.000000769. The molecule has 0 unspecified atom stereocenters. The highest BCUT2D eigenvalue weighted by Crippen LogP contribution is 2.35. The molecule has 1 saturated carbocycles. The third-order valence-corrected chi connectivity index (χ3v) is 5.53. The van der Waals surface area contributed by atoms with E-state index in [0.717, 1.165) is 37.7 Å². The molecule has 3 rings (SSSR count). The molecule has 2 atom stereocenters. The van der Waals surface area contributed by atoms with Crippen molar-refractivity contribution < 1.29 is 29.4 Å². The molecule has 32 heavy (non-hydrogen) atoms. The zero-order valence-electron chi connectivity index (χ0n) is 18.8. The van der Waals surface area contributed by atoms with Gasteiger partial charge in [0.1, 0.15) is 5.82 Å². The van der Waals surface area contributed by atoms with E-state index in [2.05, 4.69) is 27.4 Å². The monoisotopic (exact) mass is 453 g/mol. The number of likely N-dealkylation sites (tertiary alicyclic amines) is 1. The van der Waals surface area contributed by atoms with Crippen molar-refractivity contribution in [3.05, 3.63) is 18.2 Å². The van der Waals surface area contributed by atoms with Crippen LogP contribution in [-0.2, 0) is 32.3 Å². The number of aryl methyl sites for hydroxylation is 1. The van der Waals surface area contributed by atoms with Crippen LogP contribution in [0.15, 0.2) is 12.4 Å². The molecule has 11 heteroatoms. The second-order valence-electron chi connectivity index (χ2n) is 7.78. The second-order valence-corrected chi connectivity index (χ2v) is 7.78. The minimum Gasteiger partial charge on any atom is -0.483 e. The molecule has 1 aromatic heterocycles. The number of imidazole rings is 1. The zero-order valence-corrected chi connectivity index (χ0v) is 18.8. The normalized spacial score (nSPS) is 19.6. The average molecular weight is 454 g/mol. The fraction of sp³-hybridized carbons (Fsp3) is 0.667. The maximum absolute atomic E-state index is 12.5. The number of hydrogen-bond donors (Lipinski definition) is 4. The maximum Gasteiger partial charge on any atom is 0.290 e. The summed E-state index contributed by atoms with van der Waals surface area (Å²) in [5.41, 5.74) is 0. The molecule has 2 heterocycles. The summed E-state index contributed by atoms with van der Waals surface area (Å²) in [7, 11) is 0. The molecule has 2 amide bonds. The van der Waals surface area contributed by atoms with Gasteiger partial charge in [-0.15, -0.1) is 0 Å². The Morgan fingerprint density at radius 1 is 1.12 bits per heavy atom. The molecular formula is C21H35N5O6. The van der Waals surface area contributed by atoms with Crippen molar-refractivity contribution in [2.45, 2.75) is 71.1 Å². The summed E-state index contributed by atoms with van der Waals surface area (Å²) in [4.78, 5) is 47.2. The molecule has 0 radical (unpaired) electrons. The number of hydrogen-bond acceptors (Lipinski definition) is 6. The van der Waals surface area contributed by atoms with Crippen molar-refractivity contribution in [1.82, 2.24) is 25.1 Å². The lowest BCUT2D eigenvalue weighted by Crippen LogP contribution is -2.45. The van der Waals surface area contributed by atoms with Crippen molar-refractivity contribution in [2.24, 2.45) is 5.92 Å². The van der Waals surface area contributed by atoms with Crippen LogP contribution >= 0.6 is 0 Å². The van der Waals surface area contributed by atoms with Gasteiger partial charge in [0.2, 0.25) is 11.8 Å². The van der Waals surface area contributed by atoms with E-state index in [1.807, 2.05) is 10.8 Å². The molecule has 4 N–H and O–H groups in total. The minimum absolute atomic E-state index is 0.0176. The summed E-state index contributed by atoms with van der Waals surface area (Å²) in [6.45, 7) is 6.20. The number of rotatable bonds is 9. The summed E-state index contributed by atoms with van der Waals surface area (Å²) in [6.07, 6.45) is 8.88. The van der Waals surface area contributed by atoms with Crippen molar-refractivity contribution in [3.63, 3.8) is 0 Å². The van der Waals surface area contributed by atoms with Crippen LogP contribution in [0.25, 0.3) is 0 Å². The number of carboxylic acid groups (broad SMARTS) is 2. The highest BCUT2D eigenvalue weighted by Gasteiger charge is 2.37. The quantitative estimate of drug-likeness (QED) is 0.398. The Labute approximate surface area is 188 Å². The van der Waals surface area contributed by atoms with E-state index in [1.165, 1.54) is 12.8 Å². The van der Waals surface area contributed by atoms with Gasteiger partial charge in [-0.3, -0.25) is 24.1 Å². The molecule has 0 bridgehead atoms. The van der Waals surface area contributed by atoms with Gasteiger partial charge in [0.25, 0.3) is 12.9 Å². The zero-order chi connectivity index (χ0) is 23.9. The van der Waals surface area contributed by atoms with Gasteiger partial charge < -0.3 is 25.4 Å². The number of amides is 2.